The highest BCUT2D eigenvalue weighted by molar-refractivity contribution is 7.89. The van der Waals surface area contributed by atoms with E-state index in [4.69, 9.17) is 9.47 Å². The summed E-state index contributed by atoms with van der Waals surface area (Å²) in [6.45, 7) is 4.14. The summed E-state index contributed by atoms with van der Waals surface area (Å²) in [7, 11) is -0.329. The number of methoxy groups -OCH3 is 1. The molecule has 0 N–H and O–H groups in total. The third-order valence-electron chi connectivity index (χ3n) is 5.67. The molecule has 0 bridgehead atoms. The van der Waals surface area contributed by atoms with Crippen LogP contribution >= 0.6 is 0 Å². The van der Waals surface area contributed by atoms with E-state index in [1.807, 2.05) is 29.2 Å². The van der Waals surface area contributed by atoms with Crippen LogP contribution in [0.1, 0.15) is 22.8 Å². The molecule has 1 aliphatic rings. The molecule has 0 radical (unpaired) electrons. The van der Waals surface area contributed by atoms with Crippen LogP contribution in [0.4, 0.5) is 0 Å². The fourth-order valence-electron chi connectivity index (χ4n) is 3.70. The van der Waals surface area contributed by atoms with Crippen molar-refractivity contribution in [3.63, 3.8) is 0 Å². The minimum absolute atomic E-state index is 0.0336. The minimum Gasteiger partial charge on any atom is -0.497 e. The van der Waals surface area contributed by atoms with Crippen molar-refractivity contribution in [2.45, 2.75) is 18.4 Å². The normalized spacial score (nSPS) is 15.0. The predicted octanol–water partition coefficient (Wildman–Crippen LogP) is 1.84. The topological polar surface area (TPSA) is 96.5 Å². The first-order valence-corrected chi connectivity index (χ1v) is 12.5. The van der Waals surface area contributed by atoms with Crippen molar-refractivity contribution in [3.8, 4) is 5.75 Å². The van der Waals surface area contributed by atoms with Gasteiger partial charge in [0.2, 0.25) is 15.9 Å². The second-order valence-electron chi connectivity index (χ2n) is 8.03. The molecule has 1 heterocycles. The van der Waals surface area contributed by atoms with Crippen molar-refractivity contribution in [1.29, 1.82) is 0 Å². The molecule has 0 spiro atoms. The molecule has 0 saturated carbocycles. The lowest BCUT2D eigenvalue weighted by molar-refractivity contribution is -0.131. The van der Waals surface area contributed by atoms with E-state index in [9.17, 15) is 18.0 Å². The summed E-state index contributed by atoms with van der Waals surface area (Å²) in [4.78, 5) is 28.2. The molecule has 1 fully saturated rings. The fraction of sp³-hybridized carbons (Fsp3) is 0.417. The summed E-state index contributed by atoms with van der Waals surface area (Å²) >= 11 is 0. The van der Waals surface area contributed by atoms with Crippen molar-refractivity contribution in [2.24, 2.45) is 0 Å². The van der Waals surface area contributed by atoms with Crippen molar-refractivity contribution < 1.29 is 27.5 Å². The summed E-state index contributed by atoms with van der Waals surface area (Å²) < 4.78 is 37.6. The summed E-state index contributed by atoms with van der Waals surface area (Å²) in [5, 5.41) is 0. The van der Waals surface area contributed by atoms with Gasteiger partial charge in [0, 0.05) is 39.8 Å². The van der Waals surface area contributed by atoms with Gasteiger partial charge in [-0.2, -0.15) is 4.31 Å². The summed E-state index contributed by atoms with van der Waals surface area (Å²) in [5.41, 5.74) is 1.28. The van der Waals surface area contributed by atoms with E-state index < -0.39 is 16.0 Å². The van der Waals surface area contributed by atoms with Crippen LogP contribution in [0.5, 0.6) is 5.75 Å². The summed E-state index contributed by atoms with van der Waals surface area (Å²) in [6.07, 6.45) is 0. The van der Waals surface area contributed by atoms with E-state index in [2.05, 4.69) is 0 Å². The number of likely N-dealkylation sites (N-methyl/N-ethyl adjacent to an activating group) is 1. The average molecular weight is 490 g/mol. The first-order valence-electron chi connectivity index (χ1n) is 11.1. The number of ether oxygens (including phenoxy) is 2. The van der Waals surface area contributed by atoms with Gasteiger partial charge in [-0.1, -0.05) is 12.1 Å². The van der Waals surface area contributed by atoms with Crippen molar-refractivity contribution in [2.75, 3.05) is 53.5 Å². The summed E-state index contributed by atoms with van der Waals surface area (Å²) in [6, 6.07) is 13.3. The van der Waals surface area contributed by atoms with Gasteiger partial charge >= 0.3 is 5.97 Å². The average Bonchev–Trinajstić information content (AvgIpc) is 2.84. The molecule has 0 aliphatic carbocycles. The molecule has 1 aliphatic heterocycles. The minimum atomic E-state index is -3.68. The SMILES string of the molecule is CCOC(=O)c1ccc(S(=O)(=O)N2CCN(CC(=O)N(C)Cc3cccc(OC)c3)CC2)cc1. The number of benzene rings is 2. The number of carbonyl (C=O) groups is 2. The van der Waals surface area contributed by atoms with Crippen molar-refractivity contribution in [1.82, 2.24) is 14.1 Å². The highest BCUT2D eigenvalue weighted by atomic mass is 32.2. The maximum atomic E-state index is 13.0. The first kappa shape index (κ1) is 25.7. The molecule has 2 aromatic rings. The van der Waals surface area contributed by atoms with E-state index >= 15 is 0 Å². The lowest BCUT2D eigenvalue weighted by Crippen LogP contribution is -2.51. The molecular weight excluding hydrogens is 458 g/mol. The Morgan fingerprint density at radius 1 is 1.03 bits per heavy atom. The Kier molecular flexibility index (Phi) is 8.65. The number of hydrogen-bond acceptors (Lipinski definition) is 7. The van der Waals surface area contributed by atoms with Gasteiger partial charge in [-0.3, -0.25) is 9.69 Å². The Labute approximate surface area is 200 Å². The first-order chi connectivity index (χ1) is 16.2. The molecule has 9 nitrogen and oxygen atoms in total. The van der Waals surface area contributed by atoms with Crippen LogP contribution in [-0.2, 0) is 26.1 Å². The number of sulfonamides is 1. The second-order valence-corrected chi connectivity index (χ2v) is 9.96. The van der Waals surface area contributed by atoms with Gasteiger partial charge in [-0.15, -0.1) is 0 Å². The van der Waals surface area contributed by atoms with Crippen LogP contribution in [-0.4, -0.2) is 87.9 Å². The van der Waals surface area contributed by atoms with Gasteiger partial charge in [-0.25, -0.2) is 13.2 Å². The maximum absolute atomic E-state index is 13.0. The molecule has 1 saturated heterocycles. The predicted molar refractivity (Wildman–Crippen MR) is 127 cm³/mol. The molecule has 184 valence electrons. The van der Waals surface area contributed by atoms with Crippen molar-refractivity contribution in [3.05, 3.63) is 59.7 Å². The monoisotopic (exact) mass is 489 g/mol. The molecule has 2 aromatic carbocycles. The van der Waals surface area contributed by atoms with Crippen molar-refractivity contribution >= 4 is 21.9 Å². The number of esters is 1. The Morgan fingerprint density at radius 2 is 1.71 bits per heavy atom. The second kappa shape index (κ2) is 11.5. The Bertz CT molecular complexity index is 1100. The molecule has 0 aromatic heterocycles. The third-order valence-corrected chi connectivity index (χ3v) is 7.59. The number of amides is 1. The van der Waals surface area contributed by atoms with Gasteiger partial charge in [0.15, 0.2) is 0 Å². The largest absolute Gasteiger partial charge is 0.497 e. The number of carbonyl (C=O) groups excluding carboxylic acids is 2. The zero-order valence-electron chi connectivity index (χ0n) is 19.8. The fourth-order valence-corrected chi connectivity index (χ4v) is 5.12. The molecular formula is C24H31N3O6S. The molecule has 3 rings (SSSR count). The lowest BCUT2D eigenvalue weighted by Gasteiger charge is -2.34. The van der Waals surface area contributed by atoms with E-state index in [-0.39, 0.29) is 37.0 Å². The standard InChI is InChI=1S/C24H31N3O6S/c1-4-33-24(29)20-8-10-22(11-9-20)34(30,31)27-14-12-26(13-15-27)18-23(28)25(2)17-19-6-5-7-21(16-19)32-3/h5-11,16H,4,12-15,17-18H2,1-3H3. The van der Waals surface area contributed by atoms with Crippen LogP contribution in [0.3, 0.4) is 0 Å². The number of rotatable bonds is 9. The van der Waals surface area contributed by atoms with E-state index in [1.165, 1.54) is 28.6 Å². The number of nitrogens with zero attached hydrogens (tertiary/aromatic N) is 3. The van der Waals surface area contributed by atoms with Gasteiger partial charge in [-0.05, 0) is 48.9 Å². The van der Waals surface area contributed by atoms with Gasteiger partial charge in [0.1, 0.15) is 5.75 Å². The van der Waals surface area contributed by atoms with Gasteiger partial charge in [0.05, 0.1) is 30.7 Å². The molecule has 0 unspecified atom stereocenters. The third kappa shape index (κ3) is 6.34. The molecule has 34 heavy (non-hydrogen) atoms. The van der Waals surface area contributed by atoms with Crippen LogP contribution in [0.2, 0.25) is 0 Å². The van der Waals surface area contributed by atoms with E-state index in [0.717, 1.165) is 11.3 Å². The highest BCUT2D eigenvalue weighted by Crippen LogP contribution is 2.19. The van der Waals surface area contributed by atoms with E-state index in [0.29, 0.717) is 25.2 Å². The zero-order valence-corrected chi connectivity index (χ0v) is 20.6. The maximum Gasteiger partial charge on any atom is 0.338 e. The van der Waals surface area contributed by atoms with Gasteiger partial charge < -0.3 is 14.4 Å². The summed E-state index contributed by atoms with van der Waals surface area (Å²) in [5.74, 6) is 0.223. The Hall–Kier alpha value is -2.95. The van der Waals surface area contributed by atoms with Crippen LogP contribution in [0.25, 0.3) is 0 Å². The Balaban J connectivity index is 1.52. The smallest absolute Gasteiger partial charge is 0.338 e. The zero-order chi connectivity index (χ0) is 24.7. The molecule has 0 atom stereocenters. The highest BCUT2D eigenvalue weighted by Gasteiger charge is 2.29. The van der Waals surface area contributed by atoms with Crippen LogP contribution < -0.4 is 4.74 Å². The number of hydrogen-bond donors (Lipinski definition) is 0. The van der Waals surface area contributed by atoms with Crippen LogP contribution in [0, 0.1) is 0 Å². The quantitative estimate of drug-likeness (QED) is 0.496. The number of piperazine rings is 1. The Morgan fingerprint density at radius 3 is 2.32 bits per heavy atom. The van der Waals surface area contributed by atoms with Gasteiger partial charge in [0.25, 0.3) is 0 Å². The lowest BCUT2D eigenvalue weighted by atomic mass is 10.2. The van der Waals surface area contributed by atoms with E-state index in [1.54, 1.807) is 26.0 Å². The van der Waals surface area contributed by atoms with Crippen LogP contribution in [0.15, 0.2) is 53.4 Å². The molecule has 10 heteroatoms. The molecule has 1 amide bonds.